The lowest BCUT2D eigenvalue weighted by atomic mass is 9.93. The highest BCUT2D eigenvalue weighted by molar-refractivity contribution is 7.89. The van der Waals surface area contributed by atoms with E-state index >= 15 is 0 Å². The molecule has 22 heavy (non-hydrogen) atoms. The highest BCUT2D eigenvalue weighted by Crippen LogP contribution is 2.54. The summed E-state index contributed by atoms with van der Waals surface area (Å²) in [6.45, 7) is 1.70. The molecule has 0 amide bonds. The van der Waals surface area contributed by atoms with Crippen LogP contribution in [-0.2, 0) is 15.6 Å². The minimum absolute atomic E-state index is 0.0579. The van der Waals surface area contributed by atoms with Crippen LogP contribution in [0.4, 0.5) is 5.69 Å². The maximum absolute atomic E-state index is 11.5. The molecule has 2 fully saturated rings. The van der Waals surface area contributed by atoms with Gasteiger partial charge in [0, 0.05) is 19.3 Å². The average molecular weight is 323 g/mol. The zero-order valence-corrected chi connectivity index (χ0v) is 13.5. The zero-order chi connectivity index (χ0) is 16.0. The molecule has 0 radical (unpaired) electrons. The molecule has 2 aliphatic rings. The lowest BCUT2D eigenvalue weighted by Crippen LogP contribution is -2.35. The number of nitrogens with zero attached hydrogens (tertiary/aromatic N) is 1. The molecule has 1 saturated carbocycles. The number of aromatic carboxylic acids is 1. The van der Waals surface area contributed by atoms with E-state index in [0.29, 0.717) is 16.7 Å². The fourth-order valence-electron chi connectivity index (χ4n) is 3.31. The summed E-state index contributed by atoms with van der Waals surface area (Å²) in [6, 6.07) is 4.86. The summed E-state index contributed by atoms with van der Waals surface area (Å²) in [4.78, 5) is 13.6. The van der Waals surface area contributed by atoms with E-state index in [1.165, 1.54) is 25.2 Å². The van der Waals surface area contributed by atoms with Gasteiger partial charge < -0.3 is 10.0 Å². The van der Waals surface area contributed by atoms with Crippen LogP contribution < -0.4 is 4.90 Å². The second kappa shape index (κ2) is 5.26. The highest BCUT2D eigenvalue weighted by Gasteiger charge is 2.44. The van der Waals surface area contributed by atoms with Gasteiger partial charge in [0.2, 0.25) is 0 Å². The lowest BCUT2D eigenvalue weighted by molar-refractivity contribution is 0.0697. The van der Waals surface area contributed by atoms with Crippen molar-refractivity contribution in [2.45, 2.75) is 31.4 Å². The van der Waals surface area contributed by atoms with Crippen LogP contribution in [0.15, 0.2) is 18.2 Å². The standard InChI is InChI=1S/C16H21NO4S/c1-22(20,21)11-12-2-3-13(15(18)19)14(10-12)17-8-6-16(4-5-16)7-9-17/h2-3,10H,4-9,11H2,1H3,(H,18,19). The van der Waals surface area contributed by atoms with E-state index in [-0.39, 0.29) is 11.3 Å². The topological polar surface area (TPSA) is 74.7 Å². The van der Waals surface area contributed by atoms with Gasteiger partial charge in [0.25, 0.3) is 0 Å². The van der Waals surface area contributed by atoms with Gasteiger partial charge in [-0.15, -0.1) is 0 Å². The van der Waals surface area contributed by atoms with E-state index in [9.17, 15) is 18.3 Å². The number of benzene rings is 1. The van der Waals surface area contributed by atoms with Gasteiger partial charge in [-0.3, -0.25) is 0 Å². The number of hydrogen-bond acceptors (Lipinski definition) is 4. The summed E-state index contributed by atoms with van der Waals surface area (Å²) in [7, 11) is -3.13. The molecule has 1 saturated heterocycles. The number of carbonyl (C=O) groups is 1. The molecule has 0 unspecified atom stereocenters. The minimum Gasteiger partial charge on any atom is -0.478 e. The molecule has 1 aromatic rings. The van der Waals surface area contributed by atoms with Crippen molar-refractivity contribution in [2.24, 2.45) is 5.41 Å². The predicted molar refractivity (Wildman–Crippen MR) is 85.1 cm³/mol. The van der Waals surface area contributed by atoms with Crippen molar-refractivity contribution in [3.63, 3.8) is 0 Å². The van der Waals surface area contributed by atoms with E-state index in [4.69, 9.17) is 0 Å². The maximum atomic E-state index is 11.5. The van der Waals surface area contributed by atoms with Gasteiger partial charge in [0.15, 0.2) is 9.84 Å². The van der Waals surface area contributed by atoms with Gasteiger partial charge in [-0.2, -0.15) is 0 Å². The van der Waals surface area contributed by atoms with Gasteiger partial charge in [-0.05, 0) is 48.8 Å². The SMILES string of the molecule is CS(=O)(=O)Cc1ccc(C(=O)O)c(N2CCC3(CC2)CC3)c1. The monoisotopic (exact) mass is 323 g/mol. The third-order valence-electron chi connectivity index (χ3n) is 4.84. The molecule has 120 valence electrons. The molecule has 1 heterocycles. The Morgan fingerprint density at radius 2 is 1.86 bits per heavy atom. The van der Waals surface area contributed by atoms with E-state index < -0.39 is 15.8 Å². The smallest absolute Gasteiger partial charge is 0.337 e. The third-order valence-corrected chi connectivity index (χ3v) is 5.70. The lowest BCUT2D eigenvalue weighted by Gasteiger charge is -2.34. The van der Waals surface area contributed by atoms with Gasteiger partial charge in [0.05, 0.1) is 17.0 Å². The number of piperidine rings is 1. The van der Waals surface area contributed by atoms with Crippen LogP contribution in [0.2, 0.25) is 0 Å². The zero-order valence-electron chi connectivity index (χ0n) is 12.7. The first-order valence-electron chi connectivity index (χ1n) is 7.57. The van der Waals surface area contributed by atoms with Crippen LogP contribution in [0.3, 0.4) is 0 Å². The summed E-state index contributed by atoms with van der Waals surface area (Å²) >= 11 is 0. The quantitative estimate of drug-likeness (QED) is 0.920. The van der Waals surface area contributed by atoms with Crippen LogP contribution in [-0.4, -0.2) is 38.8 Å². The molecule has 6 heteroatoms. The largest absolute Gasteiger partial charge is 0.478 e. The first kappa shape index (κ1) is 15.3. The van der Waals surface area contributed by atoms with Crippen molar-refractivity contribution < 1.29 is 18.3 Å². The van der Waals surface area contributed by atoms with Crippen molar-refractivity contribution >= 4 is 21.5 Å². The summed E-state index contributed by atoms with van der Waals surface area (Å²) in [5.41, 5.74) is 2.08. The van der Waals surface area contributed by atoms with Crippen molar-refractivity contribution in [2.75, 3.05) is 24.2 Å². The molecule has 1 aliphatic heterocycles. The van der Waals surface area contributed by atoms with Gasteiger partial charge in [-0.25, -0.2) is 13.2 Å². The van der Waals surface area contributed by atoms with Crippen molar-refractivity contribution in [1.29, 1.82) is 0 Å². The Kier molecular flexibility index (Phi) is 3.67. The molecule has 0 bridgehead atoms. The Morgan fingerprint density at radius 1 is 1.23 bits per heavy atom. The second-order valence-electron chi connectivity index (χ2n) is 6.71. The molecule has 5 nitrogen and oxygen atoms in total. The van der Waals surface area contributed by atoms with E-state index in [0.717, 1.165) is 25.9 Å². The molecule has 1 aromatic carbocycles. The fourth-order valence-corrected chi connectivity index (χ4v) is 4.10. The molecule has 3 rings (SSSR count). The predicted octanol–water partition coefficient (Wildman–Crippen LogP) is 2.31. The summed E-state index contributed by atoms with van der Waals surface area (Å²) < 4.78 is 22.9. The Bertz CT molecular complexity index is 697. The van der Waals surface area contributed by atoms with Crippen LogP contribution in [0, 0.1) is 5.41 Å². The first-order chi connectivity index (χ1) is 10.3. The Labute approximate surface area is 130 Å². The number of carboxylic acid groups (broad SMARTS) is 1. The van der Waals surface area contributed by atoms with E-state index in [1.807, 2.05) is 0 Å². The number of carboxylic acids is 1. The number of rotatable bonds is 4. The molecular weight excluding hydrogens is 302 g/mol. The summed E-state index contributed by atoms with van der Waals surface area (Å²) in [6.07, 6.45) is 5.97. The van der Waals surface area contributed by atoms with Crippen LogP contribution in [0.5, 0.6) is 0 Å². The molecule has 1 aliphatic carbocycles. The second-order valence-corrected chi connectivity index (χ2v) is 8.85. The summed E-state index contributed by atoms with van der Waals surface area (Å²) in [5, 5.41) is 9.39. The average Bonchev–Trinajstić information content (AvgIpc) is 3.17. The number of sulfone groups is 1. The number of anilines is 1. The van der Waals surface area contributed by atoms with E-state index in [2.05, 4.69) is 4.90 Å². The van der Waals surface area contributed by atoms with Crippen molar-refractivity contribution in [1.82, 2.24) is 0 Å². The van der Waals surface area contributed by atoms with Crippen LogP contribution in [0.25, 0.3) is 0 Å². The van der Waals surface area contributed by atoms with Gasteiger partial charge in [-0.1, -0.05) is 6.07 Å². The normalized spacial score (nSPS) is 20.1. The molecule has 0 aromatic heterocycles. The fraction of sp³-hybridized carbons (Fsp3) is 0.562. The van der Waals surface area contributed by atoms with Gasteiger partial charge >= 0.3 is 5.97 Å². The molecule has 0 atom stereocenters. The molecule has 1 spiro atoms. The molecule has 1 N–H and O–H groups in total. The van der Waals surface area contributed by atoms with Crippen molar-refractivity contribution in [3.8, 4) is 0 Å². The van der Waals surface area contributed by atoms with Crippen LogP contribution >= 0.6 is 0 Å². The van der Waals surface area contributed by atoms with E-state index in [1.54, 1.807) is 12.1 Å². The summed E-state index contributed by atoms with van der Waals surface area (Å²) in [5.74, 6) is -1.02. The van der Waals surface area contributed by atoms with Crippen molar-refractivity contribution in [3.05, 3.63) is 29.3 Å². The minimum atomic E-state index is -3.13. The number of hydrogen-bond donors (Lipinski definition) is 1. The first-order valence-corrected chi connectivity index (χ1v) is 9.63. The highest BCUT2D eigenvalue weighted by atomic mass is 32.2. The Hall–Kier alpha value is -1.56. The third kappa shape index (κ3) is 3.27. The van der Waals surface area contributed by atoms with Gasteiger partial charge in [0.1, 0.15) is 0 Å². The Morgan fingerprint density at radius 3 is 2.36 bits per heavy atom. The Balaban J connectivity index is 1.89. The van der Waals surface area contributed by atoms with Crippen LogP contribution in [0.1, 0.15) is 41.6 Å². The maximum Gasteiger partial charge on any atom is 0.337 e. The molecular formula is C16H21NO4S.